The minimum Gasteiger partial charge on any atom is -0.291 e. The molecular formula is C9H5N7. The summed E-state index contributed by atoms with van der Waals surface area (Å²) in [5.74, 6) is 0.629. The number of tetrazole rings is 1. The lowest BCUT2D eigenvalue weighted by molar-refractivity contribution is 0.784. The smallest absolute Gasteiger partial charge is 0.199 e. The second-order valence-electron chi connectivity index (χ2n) is 3.09. The van der Waals surface area contributed by atoms with Crippen molar-refractivity contribution >= 4 is 5.65 Å². The predicted octanol–water partition coefficient (Wildman–Crippen LogP) is 0.182. The van der Waals surface area contributed by atoms with Gasteiger partial charge in [0.15, 0.2) is 11.5 Å². The Hall–Kier alpha value is -2.75. The van der Waals surface area contributed by atoms with E-state index in [4.69, 9.17) is 5.26 Å². The molecule has 0 radical (unpaired) electrons. The van der Waals surface area contributed by atoms with Crippen molar-refractivity contribution in [3.63, 3.8) is 0 Å². The highest BCUT2D eigenvalue weighted by Crippen LogP contribution is 2.10. The van der Waals surface area contributed by atoms with Gasteiger partial charge in [-0.05, 0) is 22.6 Å². The Balaban J connectivity index is 2.35. The molecule has 7 heteroatoms. The van der Waals surface area contributed by atoms with E-state index in [0.29, 0.717) is 17.2 Å². The van der Waals surface area contributed by atoms with E-state index < -0.39 is 0 Å². The second kappa shape index (κ2) is 3.13. The molecule has 76 valence electrons. The molecule has 3 rings (SSSR count). The van der Waals surface area contributed by atoms with E-state index in [-0.39, 0.29) is 0 Å². The van der Waals surface area contributed by atoms with E-state index in [9.17, 15) is 0 Å². The maximum atomic E-state index is 8.94. The summed E-state index contributed by atoms with van der Waals surface area (Å²) in [7, 11) is 0. The van der Waals surface area contributed by atoms with E-state index in [1.54, 1.807) is 35.3 Å². The van der Waals surface area contributed by atoms with Gasteiger partial charge in [-0.2, -0.15) is 9.78 Å². The molecule has 0 aliphatic rings. The van der Waals surface area contributed by atoms with Gasteiger partial charge in [-0.3, -0.25) is 9.55 Å². The summed E-state index contributed by atoms with van der Waals surface area (Å²) in [6.07, 6.45) is 4.92. The molecule has 0 aliphatic heterocycles. The van der Waals surface area contributed by atoms with E-state index in [1.807, 2.05) is 0 Å². The van der Waals surface area contributed by atoms with Crippen molar-refractivity contribution in [1.29, 1.82) is 5.26 Å². The monoisotopic (exact) mass is 211 g/mol. The first-order valence-corrected chi connectivity index (χ1v) is 4.50. The number of aromatic nitrogens is 6. The standard InChI is InChI=1S/C9H5N7/c10-4-7-2-1-3-15(7)9-6-11-5-8-12-13-14-16(8)9/h1-3,5-6H. The highest BCUT2D eigenvalue weighted by Gasteiger charge is 2.08. The average molecular weight is 211 g/mol. The Morgan fingerprint density at radius 2 is 2.25 bits per heavy atom. The molecule has 0 aliphatic carbocycles. The van der Waals surface area contributed by atoms with Crippen LogP contribution in [-0.2, 0) is 0 Å². The molecule has 0 fully saturated rings. The highest BCUT2D eigenvalue weighted by atomic mass is 15.5. The zero-order valence-electron chi connectivity index (χ0n) is 8.02. The first-order valence-electron chi connectivity index (χ1n) is 4.50. The summed E-state index contributed by atoms with van der Waals surface area (Å²) in [6.45, 7) is 0. The van der Waals surface area contributed by atoms with Gasteiger partial charge in [0.25, 0.3) is 0 Å². The van der Waals surface area contributed by atoms with Crippen LogP contribution in [0.3, 0.4) is 0 Å². The summed E-state index contributed by atoms with van der Waals surface area (Å²) in [5, 5.41) is 20.1. The minimum absolute atomic E-state index is 0.504. The molecule has 0 amide bonds. The van der Waals surface area contributed by atoms with Gasteiger partial charge in [-0.25, -0.2) is 0 Å². The third-order valence-corrected chi connectivity index (χ3v) is 2.20. The van der Waals surface area contributed by atoms with Gasteiger partial charge in [0.2, 0.25) is 0 Å². The Kier molecular flexibility index (Phi) is 1.67. The minimum atomic E-state index is 0.504. The van der Waals surface area contributed by atoms with Crippen molar-refractivity contribution in [1.82, 2.24) is 29.6 Å². The SMILES string of the molecule is N#Cc1cccn1-c1cncc2nnnn12. The van der Waals surface area contributed by atoms with Crippen LogP contribution in [0.5, 0.6) is 0 Å². The van der Waals surface area contributed by atoms with Crippen LogP contribution in [0, 0.1) is 11.3 Å². The number of fused-ring (bicyclic) bond motifs is 1. The average Bonchev–Trinajstić information content (AvgIpc) is 2.96. The molecular weight excluding hydrogens is 206 g/mol. The van der Waals surface area contributed by atoms with E-state index in [0.717, 1.165) is 0 Å². The lowest BCUT2D eigenvalue weighted by Gasteiger charge is -2.04. The van der Waals surface area contributed by atoms with Crippen LogP contribution in [0.1, 0.15) is 5.69 Å². The van der Waals surface area contributed by atoms with Gasteiger partial charge in [0, 0.05) is 6.20 Å². The third kappa shape index (κ3) is 1.07. The van der Waals surface area contributed by atoms with E-state index in [1.165, 1.54) is 4.52 Å². The molecule has 0 unspecified atom stereocenters. The van der Waals surface area contributed by atoms with Crippen molar-refractivity contribution in [3.05, 3.63) is 36.4 Å². The van der Waals surface area contributed by atoms with Crippen LogP contribution in [0.15, 0.2) is 30.7 Å². The zero-order valence-corrected chi connectivity index (χ0v) is 8.02. The number of nitrogens with zero attached hydrogens (tertiary/aromatic N) is 7. The third-order valence-electron chi connectivity index (χ3n) is 2.20. The van der Waals surface area contributed by atoms with Gasteiger partial charge < -0.3 is 0 Å². The fourth-order valence-corrected chi connectivity index (χ4v) is 1.50. The topological polar surface area (TPSA) is 84.7 Å². The lowest BCUT2D eigenvalue weighted by atomic mass is 10.4. The van der Waals surface area contributed by atoms with Gasteiger partial charge in [-0.15, -0.1) is 5.10 Å². The van der Waals surface area contributed by atoms with Crippen LogP contribution >= 0.6 is 0 Å². The van der Waals surface area contributed by atoms with Crippen LogP contribution in [0.25, 0.3) is 11.5 Å². The molecule has 0 N–H and O–H groups in total. The van der Waals surface area contributed by atoms with Crippen molar-refractivity contribution in [3.8, 4) is 11.9 Å². The predicted molar refractivity (Wildman–Crippen MR) is 52.6 cm³/mol. The Bertz CT molecular complexity index is 687. The highest BCUT2D eigenvalue weighted by molar-refractivity contribution is 5.40. The molecule has 3 heterocycles. The van der Waals surface area contributed by atoms with Crippen molar-refractivity contribution in [2.75, 3.05) is 0 Å². The maximum Gasteiger partial charge on any atom is 0.199 e. The molecule has 0 bridgehead atoms. The molecule has 16 heavy (non-hydrogen) atoms. The maximum absolute atomic E-state index is 8.94. The van der Waals surface area contributed by atoms with Gasteiger partial charge in [0.1, 0.15) is 11.8 Å². The summed E-state index contributed by atoms with van der Waals surface area (Å²) in [6, 6.07) is 5.58. The van der Waals surface area contributed by atoms with Crippen LogP contribution < -0.4 is 0 Å². The summed E-state index contributed by atoms with van der Waals surface area (Å²) in [5.41, 5.74) is 1.04. The van der Waals surface area contributed by atoms with E-state index >= 15 is 0 Å². The Morgan fingerprint density at radius 1 is 1.31 bits per heavy atom. The Labute approximate surface area is 89.6 Å². The normalized spacial score (nSPS) is 10.4. The molecule has 0 spiro atoms. The lowest BCUT2D eigenvalue weighted by Crippen LogP contribution is -2.05. The fraction of sp³-hybridized carbons (Fsp3) is 0. The molecule has 0 saturated carbocycles. The summed E-state index contributed by atoms with van der Waals surface area (Å²) >= 11 is 0. The molecule has 0 aromatic carbocycles. The van der Waals surface area contributed by atoms with Gasteiger partial charge in [-0.1, -0.05) is 0 Å². The molecule has 0 atom stereocenters. The van der Waals surface area contributed by atoms with Gasteiger partial charge in [0.05, 0.1) is 12.4 Å². The summed E-state index contributed by atoms with van der Waals surface area (Å²) < 4.78 is 3.20. The second-order valence-corrected chi connectivity index (χ2v) is 3.09. The largest absolute Gasteiger partial charge is 0.291 e. The van der Waals surface area contributed by atoms with Crippen molar-refractivity contribution < 1.29 is 0 Å². The first kappa shape index (κ1) is 8.55. The van der Waals surface area contributed by atoms with Crippen LogP contribution in [0.2, 0.25) is 0 Å². The van der Waals surface area contributed by atoms with Crippen molar-refractivity contribution in [2.24, 2.45) is 0 Å². The number of hydrogen-bond donors (Lipinski definition) is 0. The molecule has 3 aromatic rings. The van der Waals surface area contributed by atoms with E-state index in [2.05, 4.69) is 26.6 Å². The van der Waals surface area contributed by atoms with Gasteiger partial charge >= 0.3 is 0 Å². The fourth-order valence-electron chi connectivity index (χ4n) is 1.50. The van der Waals surface area contributed by atoms with Crippen molar-refractivity contribution in [2.45, 2.75) is 0 Å². The molecule has 0 saturated heterocycles. The number of hydrogen-bond acceptors (Lipinski definition) is 5. The first-order chi connectivity index (χ1) is 7.90. The molecule has 7 nitrogen and oxygen atoms in total. The van der Waals surface area contributed by atoms with Crippen LogP contribution in [0.4, 0.5) is 0 Å². The summed E-state index contributed by atoms with van der Waals surface area (Å²) in [4.78, 5) is 4.02. The quantitative estimate of drug-likeness (QED) is 0.573. The number of rotatable bonds is 1. The van der Waals surface area contributed by atoms with Crippen LogP contribution in [-0.4, -0.2) is 29.6 Å². The zero-order chi connectivity index (χ0) is 11.0. The number of nitriles is 1. The molecule has 3 aromatic heterocycles. The Morgan fingerprint density at radius 3 is 3.12 bits per heavy atom.